The Morgan fingerprint density at radius 2 is 1.96 bits per heavy atom. The summed E-state index contributed by atoms with van der Waals surface area (Å²) in [5.74, 6) is 0. The molecule has 24 heavy (non-hydrogen) atoms. The summed E-state index contributed by atoms with van der Waals surface area (Å²) < 4.78 is 1.53. The molecule has 1 atom stereocenters. The number of hydrogen-bond donors (Lipinski definition) is 0. The molecule has 2 heterocycles. The summed E-state index contributed by atoms with van der Waals surface area (Å²) in [5, 5.41) is 8.03. The molecule has 0 bridgehead atoms. The van der Waals surface area contributed by atoms with Crippen LogP contribution in [0.15, 0.2) is 46.2 Å². The molecule has 1 aromatic heterocycles. The summed E-state index contributed by atoms with van der Waals surface area (Å²) in [5.41, 5.74) is 1.93. The third-order valence-corrected chi connectivity index (χ3v) is 4.17. The van der Waals surface area contributed by atoms with Crippen molar-refractivity contribution in [2.24, 2.45) is 4.99 Å². The van der Waals surface area contributed by atoms with Gasteiger partial charge in [0.05, 0.1) is 17.6 Å². The van der Waals surface area contributed by atoms with Crippen molar-refractivity contribution >= 4 is 16.8 Å². The van der Waals surface area contributed by atoms with E-state index in [4.69, 9.17) is 0 Å². The standard InChI is InChI=1S/C19H16N3O.Y/c1-12-7-8-14-10-15(20-18(14)9-12)11-22-19(23)17-6-4-3-5-16(17)13(2)21-22;/h3-7,9-10,15H,11H2,1-2H3;/q-1;. The van der Waals surface area contributed by atoms with Gasteiger partial charge in [-0.3, -0.25) is 4.79 Å². The zero-order valence-corrected chi connectivity index (χ0v) is 16.5. The van der Waals surface area contributed by atoms with E-state index in [1.165, 1.54) is 4.68 Å². The van der Waals surface area contributed by atoms with Crippen LogP contribution in [0, 0.1) is 19.9 Å². The minimum Gasteiger partial charge on any atom is -0.334 e. The summed E-state index contributed by atoms with van der Waals surface area (Å²) >= 11 is 0. The van der Waals surface area contributed by atoms with E-state index in [1.54, 1.807) is 0 Å². The van der Waals surface area contributed by atoms with Crippen molar-refractivity contribution in [3.8, 4) is 0 Å². The fourth-order valence-electron chi connectivity index (χ4n) is 3.05. The fourth-order valence-corrected chi connectivity index (χ4v) is 3.05. The van der Waals surface area contributed by atoms with Crippen LogP contribution < -0.4 is 16.1 Å². The second-order valence-electron chi connectivity index (χ2n) is 5.96. The predicted octanol–water partition coefficient (Wildman–Crippen LogP) is 1.29. The van der Waals surface area contributed by atoms with Gasteiger partial charge in [0.1, 0.15) is 0 Å². The van der Waals surface area contributed by atoms with Crippen molar-refractivity contribution < 1.29 is 32.7 Å². The van der Waals surface area contributed by atoms with Crippen LogP contribution >= 0.6 is 0 Å². The third-order valence-electron chi connectivity index (χ3n) is 4.17. The number of benzene rings is 2. The van der Waals surface area contributed by atoms with Gasteiger partial charge in [-0.1, -0.05) is 25.1 Å². The van der Waals surface area contributed by atoms with Crippen LogP contribution in [-0.4, -0.2) is 15.8 Å². The average molecular weight is 391 g/mol. The molecule has 0 saturated carbocycles. The van der Waals surface area contributed by atoms with Crippen LogP contribution in [0.5, 0.6) is 0 Å². The number of hydrogen-bond acceptors (Lipinski definition) is 3. The number of aromatic nitrogens is 2. The Labute approximate surface area is 164 Å². The number of fused-ring (bicyclic) bond motifs is 2. The van der Waals surface area contributed by atoms with Crippen molar-refractivity contribution in [1.82, 2.24) is 9.78 Å². The smallest absolute Gasteiger partial charge is 0.274 e. The van der Waals surface area contributed by atoms with Crippen molar-refractivity contribution in [1.29, 1.82) is 0 Å². The molecule has 4 nitrogen and oxygen atoms in total. The molecular weight excluding hydrogens is 375 g/mol. The van der Waals surface area contributed by atoms with E-state index in [0.29, 0.717) is 11.9 Å². The number of rotatable bonds is 2. The molecule has 1 aliphatic rings. The first-order chi connectivity index (χ1) is 11.1. The Bertz CT molecular complexity index is 1100. The summed E-state index contributed by atoms with van der Waals surface area (Å²) in [6, 6.07) is 14.8. The molecule has 0 spiro atoms. The molecule has 1 unspecified atom stereocenters. The molecule has 0 N–H and O–H groups in total. The average Bonchev–Trinajstić information content (AvgIpc) is 2.94. The van der Waals surface area contributed by atoms with Crippen molar-refractivity contribution in [2.75, 3.05) is 0 Å². The van der Waals surface area contributed by atoms with Gasteiger partial charge in [-0.15, -0.1) is 35.1 Å². The van der Waals surface area contributed by atoms with E-state index in [2.05, 4.69) is 16.2 Å². The molecule has 5 heteroatoms. The zero-order valence-electron chi connectivity index (χ0n) is 13.7. The monoisotopic (exact) mass is 391 g/mol. The first kappa shape index (κ1) is 17.2. The van der Waals surface area contributed by atoms with Gasteiger partial charge in [0, 0.05) is 44.1 Å². The molecule has 0 amide bonds. The van der Waals surface area contributed by atoms with Crippen LogP contribution in [0.4, 0.5) is 0 Å². The maximum Gasteiger partial charge on any atom is 0.274 e. The minimum absolute atomic E-state index is 0. The topological polar surface area (TPSA) is 47.2 Å². The fraction of sp³-hybridized carbons (Fsp3) is 0.211. The normalized spacial score (nSPS) is 15.3. The van der Waals surface area contributed by atoms with E-state index < -0.39 is 0 Å². The molecule has 0 saturated heterocycles. The molecule has 0 fully saturated rings. The SMILES string of the molecule is Cc1c[c-]c2c(c1)=NC(Cn1nc(C)c3ccccc3c1=O)C=2.[Y]. The van der Waals surface area contributed by atoms with Gasteiger partial charge < -0.3 is 4.99 Å². The molecular formula is C19H16N3OY-. The van der Waals surface area contributed by atoms with Gasteiger partial charge in [0.15, 0.2) is 0 Å². The minimum atomic E-state index is -0.0752. The van der Waals surface area contributed by atoms with Gasteiger partial charge in [-0.05, 0) is 18.3 Å². The first-order valence-electron chi connectivity index (χ1n) is 7.66. The molecule has 2 aromatic carbocycles. The van der Waals surface area contributed by atoms with E-state index in [1.807, 2.05) is 56.3 Å². The molecule has 117 valence electrons. The van der Waals surface area contributed by atoms with Crippen LogP contribution in [0.3, 0.4) is 0 Å². The van der Waals surface area contributed by atoms with Crippen LogP contribution in [0.2, 0.25) is 0 Å². The van der Waals surface area contributed by atoms with E-state index in [0.717, 1.165) is 27.2 Å². The van der Waals surface area contributed by atoms with Crippen LogP contribution in [-0.2, 0) is 39.3 Å². The predicted molar refractivity (Wildman–Crippen MR) is 89.8 cm³/mol. The zero-order chi connectivity index (χ0) is 16.0. The summed E-state index contributed by atoms with van der Waals surface area (Å²) in [4.78, 5) is 17.3. The Morgan fingerprint density at radius 3 is 2.75 bits per heavy atom. The van der Waals surface area contributed by atoms with Crippen molar-refractivity contribution in [2.45, 2.75) is 26.4 Å². The summed E-state index contributed by atoms with van der Waals surface area (Å²) in [6.07, 6.45) is 2.05. The van der Waals surface area contributed by atoms with Crippen molar-refractivity contribution in [3.05, 3.63) is 74.7 Å². The van der Waals surface area contributed by atoms with Gasteiger partial charge in [0.25, 0.3) is 5.56 Å². The second-order valence-corrected chi connectivity index (χ2v) is 5.96. The Hall–Kier alpha value is -1.65. The van der Waals surface area contributed by atoms with Gasteiger partial charge in [0.2, 0.25) is 0 Å². The van der Waals surface area contributed by atoms with E-state index in [-0.39, 0.29) is 44.3 Å². The Balaban J connectivity index is 0.00000169. The molecule has 4 rings (SSSR count). The van der Waals surface area contributed by atoms with Crippen LogP contribution in [0.1, 0.15) is 11.3 Å². The van der Waals surface area contributed by atoms with E-state index >= 15 is 0 Å². The Morgan fingerprint density at radius 1 is 1.21 bits per heavy atom. The third kappa shape index (κ3) is 3.01. The summed E-state index contributed by atoms with van der Waals surface area (Å²) in [6.45, 7) is 4.41. The van der Waals surface area contributed by atoms with Crippen molar-refractivity contribution in [3.63, 3.8) is 0 Å². The van der Waals surface area contributed by atoms with Gasteiger partial charge in [-0.25, -0.2) is 4.68 Å². The second kappa shape index (κ2) is 6.69. The van der Waals surface area contributed by atoms with E-state index in [9.17, 15) is 4.79 Å². The van der Waals surface area contributed by atoms with Crippen LogP contribution in [0.25, 0.3) is 16.8 Å². The molecule has 3 aromatic rings. The number of nitrogens with zero attached hydrogens (tertiary/aromatic N) is 3. The molecule has 0 aliphatic carbocycles. The van der Waals surface area contributed by atoms with Gasteiger partial charge in [-0.2, -0.15) is 5.10 Å². The quantitative estimate of drug-likeness (QED) is 0.619. The molecule has 1 radical (unpaired) electrons. The van der Waals surface area contributed by atoms with Gasteiger partial charge >= 0.3 is 0 Å². The largest absolute Gasteiger partial charge is 0.334 e. The first-order valence-corrected chi connectivity index (χ1v) is 7.66. The number of aryl methyl sites for hydroxylation is 2. The molecule has 1 aliphatic heterocycles. The summed E-state index contributed by atoms with van der Waals surface area (Å²) in [7, 11) is 0. The maximum atomic E-state index is 12.6. The maximum absolute atomic E-state index is 12.6. The Kier molecular flexibility index (Phi) is 4.79.